The van der Waals surface area contributed by atoms with Gasteiger partial charge >= 0.3 is 0 Å². The standard InChI is InChI=1S/C12H24N2O6/c1-2-4-19-5-3-14-12(18)11-10(17)9(16)8(15)7(6-13)20-11/h7-11,15-17H,2-6,13H2,1H3,(H,14,18). The second-order valence-electron chi connectivity index (χ2n) is 4.71. The largest absolute Gasteiger partial charge is 0.388 e. The van der Waals surface area contributed by atoms with Gasteiger partial charge in [-0.25, -0.2) is 0 Å². The van der Waals surface area contributed by atoms with Crippen molar-refractivity contribution in [2.24, 2.45) is 5.73 Å². The molecule has 118 valence electrons. The minimum Gasteiger partial charge on any atom is -0.388 e. The van der Waals surface area contributed by atoms with Crippen LogP contribution in [-0.4, -0.2) is 78.0 Å². The van der Waals surface area contributed by atoms with Gasteiger partial charge in [-0.3, -0.25) is 4.79 Å². The molecule has 1 saturated heterocycles. The maximum atomic E-state index is 11.9. The van der Waals surface area contributed by atoms with Gasteiger partial charge < -0.3 is 35.8 Å². The number of aliphatic hydroxyl groups is 3. The van der Waals surface area contributed by atoms with Crippen LogP contribution in [0.5, 0.6) is 0 Å². The summed E-state index contributed by atoms with van der Waals surface area (Å²) in [5.41, 5.74) is 5.39. The fourth-order valence-electron chi connectivity index (χ4n) is 1.96. The van der Waals surface area contributed by atoms with E-state index >= 15 is 0 Å². The molecule has 1 amide bonds. The first-order chi connectivity index (χ1) is 9.52. The van der Waals surface area contributed by atoms with E-state index in [0.717, 1.165) is 6.42 Å². The number of carbonyl (C=O) groups is 1. The first-order valence-corrected chi connectivity index (χ1v) is 6.78. The summed E-state index contributed by atoms with van der Waals surface area (Å²) in [6, 6.07) is 0. The SMILES string of the molecule is CCCOCCNC(=O)C1OC(CN)C(O)C(O)C1O. The Kier molecular flexibility index (Phi) is 7.35. The van der Waals surface area contributed by atoms with E-state index in [2.05, 4.69) is 5.32 Å². The van der Waals surface area contributed by atoms with Crippen LogP contribution in [0.4, 0.5) is 0 Å². The van der Waals surface area contributed by atoms with E-state index in [1.165, 1.54) is 0 Å². The van der Waals surface area contributed by atoms with E-state index in [1.54, 1.807) is 0 Å². The molecule has 1 rings (SSSR count). The molecule has 6 N–H and O–H groups in total. The van der Waals surface area contributed by atoms with Gasteiger partial charge in [-0.15, -0.1) is 0 Å². The van der Waals surface area contributed by atoms with Crippen molar-refractivity contribution in [3.8, 4) is 0 Å². The number of rotatable bonds is 7. The van der Waals surface area contributed by atoms with Crippen molar-refractivity contribution in [3.05, 3.63) is 0 Å². The zero-order chi connectivity index (χ0) is 15.1. The Morgan fingerprint density at radius 1 is 1.25 bits per heavy atom. The van der Waals surface area contributed by atoms with Crippen molar-refractivity contribution in [1.29, 1.82) is 0 Å². The van der Waals surface area contributed by atoms with Gasteiger partial charge in [-0.1, -0.05) is 6.92 Å². The van der Waals surface area contributed by atoms with Crippen LogP contribution < -0.4 is 11.1 Å². The highest BCUT2D eigenvalue weighted by Gasteiger charge is 2.45. The number of nitrogens with two attached hydrogens (primary N) is 1. The monoisotopic (exact) mass is 292 g/mol. The van der Waals surface area contributed by atoms with Crippen molar-refractivity contribution in [2.75, 3.05) is 26.3 Å². The van der Waals surface area contributed by atoms with Gasteiger partial charge in [0.1, 0.15) is 18.3 Å². The summed E-state index contributed by atoms with van der Waals surface area (Å²) in [5, 5.41) is 31.6. The molecule has 0 aromatic heterocycles. The second kappa shape index (κ2) is 8.50. The number of nitrogens with one attached hydrogen (secondary N) is 1. The maximum absolute atomic E-state index is 11.9. The molecule has 0 spiro atoms. The van der Waals surface area contributed by atoms with Gasteiger partial charge in [-0.05, 0) is 6.42 Å². The average Bonchev–Trinajstić information content (AvgIpc) is 2.44. The minimum absolute atomic E-state index is 0.0612. The quantitative estimate of drug-likeness (QED) is 0.323. The van der Waals surface area contributed by atoms with E-state index in [1.807, 2.05) is 6.92 Å². The second-order valence-corrected chi connectivity index (χ2v) is 4.71. The molecule has 0 aliphatic carbocycles. The number of ether oxygens (including phenoxy) is 2. The maximum Gasteiger partial charge on any atom is 0.252 e. The highest BCUT2D eigenvalue weighted by molar-refractivity contribution is 5.81. The van der Waals surface area contributed by atoms with E-state index in [9.17, 15) is 20.1 Å². The van der Waals surface area contributed by atoms with Crippen molar-refractivity contribution in [2.45, 2.75) is 43.9 Å². The molecule has 1 aliphatic heterocycles. The van der Waals surface area contributed by atoms with Gasteiger partial charge in [0.05, 0.1) is 12.7 Å². The van der Waals surface area contributed by atoms with E-state index in [0.29, 0.717) is 13.2 Å². The lowest BCUT2D eigenvalue weighted by atomic mass is 9.94. The number of aliphatic hydroxyl groups excluding tert-OH is 3. The Bertz CT molecular complexity index is 302. The summed E-state index contributed by atoms with van der Waals surface area (Å²) in [4.78, 5) is 11.9. The molecular weight excluding hydrogens is 268 g/mol. The third-order valence-corrected chi connectivity index (χ3v) is 3.10. The third-order valence-electron chi connectivity index (χ3n) is 3.10. The average molecular weight is 292 g/mol. The summed E-state index contributed by atoms with van der Waals surface area (Å²) < 4.78 is 10.4. The Balaban J connectivity index is 2.45. The van der Waals surface area contributed by atoms with Crippen LogP contribution in [0.3, 0.4) is 0 Å². The summed E-state index contributed by atoms with van der Waals surface area (Å²) in [5.74, 6) is -0.568. The van der Waals surface area contributed by atoms with Crippen LogP contribution in [0, 0.1) is 0 Å². The molecule has 0 radical (unpaired) electrons. The molecule has 0 aromatic carbocycles. The molecule has 1 aliphatic rings. The number of carbonyl (C=O) groups excluding carboxylic acids is 1. The molecular formula is C12H24N2O6. The fraction of sp³-hybridized carbons (Fsp3) is 0.917. The summed E-state index contributed by atoms with van der Waals surface area (Å²) in [6.45, 7) is 3.16. The highest BCUT2D eigenvalue weighted by atomic mass is 16.5. The van der Waals surface area contributed by atoms with Crippen LogP contribution >= 0.6 is 0 Å². The van der Waals surface area contributed by atoms with Crippen LogP contribution in [0.1, 0.15) is 13.3 Å². The number of hydrogen-bond acceptors (Lipinski definition) is 7. The van der Waals surface area contributed by atoms with Crippen LogP contribution in [-0.2, 0) is 14.3 Å². The van der Waals surface area contributed by atoms with Gasteiger partial charge in [0.2, 0.25) is 0 Å². The summed E-state index contributed by atoms with van der Waals surface area (Å²) in [6.07, 6.45) is -5.53. The zero-order valence-electron chi connectivity index (χ0n) is 11.6. The Labute approximate surface area is 117 Å². The molecule has 5 atom stereocenters. The Morgan fingerprint density at radius 3 is 2.55 bits per heavy atom. The van der Waals surface area contributed by atoms with Crippen molar-refractivity contribution < 1.29 is 29.6 Å². The van der Waals surface area contributed by atoms with Gasteiger partial charge in [0.15, 0.2) is 6.10 Å². The topological polar surface area (TPSA) is 134 Å². The predicted octanol–water partition coefficient (Wildman–Crippen LogP) is -2.66. The molecule has 1 heterocycles. The minimum atomic E-state index is -1.50. The fourth-order valence-corrected chi connectivity index (χ4v) is 1.96. The van der Waals surface area contributed by atoms with E-state index in [-0.39, 0.29) is 13.1 Å². The lowest BCUT2D eigenvalue weighted by Gasteiger charge is -2.39. The molecule has 1 fully saturated rings. The van der Waals surface area contributed by atoms with Gasteiger partial charge in [0, 0.05) is 19.7 Å². The number of amides is 1. The lowest BCUT2D eigenvalue weighted by molar-refractivity contribution is -0.218. The molecule has 8 heteroatoms. The molecule has 0 bridgehead atoms. The summed E-state index contributed by atoms with van der Waals surface area (Å²) in [7, 11) is 0. The molecule has 0 aromatic rings. The Morgan fingerprint density at radius 2 is 1.95 bits per heavy atom. The first kappa shape index (κ1) is 17.3. The number of hydrogen-bond donors (Lipinski definition) is 5. The lowest BCUT2D eigenvalue weighted by Crippen LogP contribution is -2.63. The van der Waals surface area contributed by atoms with Crippen LogP contribution in [0.25, 0.3) is 0 Å². The van der Waals surface area contributed by atoms with E-state index in [4.69, 9.17) is 15.2 Å². The molecule has 5 unspecified atom stereocenters. The zero-order valence-corrected chi connectivity index (χ0v) is 11.6. The summed E-state index contributed by atoms with van der Waals surface area (Å²) >= 11 is 0. The van der Waals surface area contributed by atoms with Gasteiger partial charge in [-0.2, -0.15) is 0 Å². The Hall–Kier alpha value is -0.770. The van der Waals surface area contributed by atoms with Crippen molar-refractivity contribution >= 4 is 5.91 Å². The smallest absolute Gasteiger partial charge is 0.252 e. The first-order valence-electron chi connectivity index (χ1n) is 6.78. The van der Waals surface area contributed by atoms with Crippen LogP contribution in [0.15, 0.2) is 0 Å². The highest BCUT2D eigenvalue weighted by Crippen LogP contribution is 2.20. The van der Waals surface area contributed by atoms with E-state index < -0.39 is 36.4 Å². The normalized spacial score (nSPS) is 34.0. The van der Waals surface area contributed by atoms with Gasteiger partial charge in [0.25, 0.3) is 5.91 Å². The third kappa shape index (κ3) is 4.37. The molecule has 8 nitrogen and oxygen atoms in total. The van der Waals surface area contributed by atoms with Crippen LogP contribution in [0.2, 0.25) is 0 Å². The molecule has 20 heavy (non-hydrogen) atoms. The van der Waals surface area contributed by atoms with Crippen molar-refractivity contribution in [3.63, 3.8) is 0 Å². The predicted molar refractivity (Wildman–Crippen MR) is 69.9 cm³/mol. The molecule has 0 saturated carbocycles. The van der Waals surface area contributed by atoms with Crippen molar-refractivity contribution in [1.82, 2.24) is 5.32 Å².